The number of hydrogen-bond acceptors (Lipinski definition) is 5. The molecule has 2 aromatic carbocycles. The van der Waals surface area contributed by atoms with Crippen molar-refractivity contribution in [3.05, 3.63) is 58.1 Å². The Morgan fingerprint density at radius 3 is 2.62 bits per heavy atom. The number of benzene rings is 2. The number of ketones is 1. The van der Waals surface area contributed by atoms with Crippen molar-refractivity contribution >= 4 is 16.9 Å². The molecule has 5 heteroatoms. The highest BCUT2D eigenvalue weighted by Crippen LogP contribution is 2.60. The smallest absolute Gasteiger partial charge is 0.167 e. The number of carbonyl (C=O) groups is 1. The Bertz CT molecular complexity index is 1000. The maximum Gasteiger partial charge on any atom is 0.167 e. The lowest BCUT2D eigenvalue weighted by Crippen LogP contribution is -2.33. The normalized spacial score (nSPS) is 25.8. The molecule has 2 aromatic rings. The van der Waals surface area contributed by atoms with Gasteiger partial charge in [0.1, 0.15) is 17.6 Å². The number of aliphatic hydroxyl groups is 1. The van der Waals surface area contributed by atoms with Gasteiger partial charge in [0.05, 0.1) is 11.7 Å². The average molecular weight is 350 g/mol. The first-order valence-corrected chi connectivity index (χ1v) is 8.70. The van der Waals surface area contributed by atoms with Gasteiger partial charge >= 0.3 is 0 Å². The number of Topliss-reactive ketones (excluding diaryl/α,β-unsaturated/α-hetero) is 1. The number of carbonyl (C=O) groups excluding carboxylic acids is 1. The SMILES string of the molecule is CO[C@@H]1C2C(=C3CCC(=O)c4c(O)ccc2c43)c2cccc(O)c2[C@@H]1O. The fourth-order valence-electron chi connectivity index (χ4n) is 4.96. The minimum absolute atomic E-state index is 0.00385. The number of phenols is 2. The Kier molecular flexibility index (Phi) is 3.12. The number of allylic oxidation sites excluding steroid dienone is 1. The molecule has 0 amide bonds. The number of phenolic OH excluding ortho intramolecular Hbond substituents is 2. The van der Waals surface area contributed by atoms with E-state index in [0.29, 0.717) is 24.0 Å². The highest BCUT2D eigenvalue weighted by Gasteiger charge is 2.48. The zero-order chi connectivity index (χ0) is 18.2. The number of rotatable bonds is 1. The van der Waals surface area contributed by atoms with Gasteiger partial charge in [0.25, 0.3) is 0 Å². The summed E-state index contributed by atoms with van der Waals surface area (Å²) in [7, 11) is 1.54. The van der Waals surface area contributed by atoms with Crippen LogP contribution in [0.3, 0.4) is 0 Å². The van der Waals surface area contributed by atoms with Crippen molar-refractivity contribution in [3.8, 4) is 11.5 Å². The van der Waals surface area contributed by atoms with Crippen molar-refractivity contribution < 1.29 is 24.9 Å². The molecule has 5 nitrogen and oxygen atoms in total. The van der Waals surface area contributed by atoms with Crippen molar-refractivity contribution in [3.63, 3.8) is 0 Å². The summed E-state index contributed by atoms with van der Waals surface area (Å²) in [4.78, 5) is 12.4. The topological polar surface area (TPSA) is 87.0 Å². The molecule has 0 radical (unpaired) electrons. The summed E-state index contributed by atoms with van der Waals surface area (Å²) in [5, 5.41) is 31.5. The monoisotopic (exact) mass is 350 g/mol. The van der Waals surface area contributed by atoms with Crippen LogP contribution in [0.15, 0.2) is 30.3 Å². The summed E-state index contributed by atoms with van der Waals surface area (Å²) in [6.07, 6.45) is -0.641. The molecule has 0 heterocycles. The van der Waals surface area contributed by atoms with Gasteiger partial charge in [-0.05, 0) is 46.4 Å². The van der Waals surface area contributed by atoms with E-state index in [2.05, 4.69) is 0 Å². The van der Waals surface area contributed by atoms with Crippen molar-refractivity contribution in [1.29, 1.82) is 0 Å². The van der Waals surface area contributed by atoms with E-state index in [1.807, 2.05) is 12.1 Å². The molecule has 3 aliphatic rings. The van der Waals surface area contributed by atoms with Crippen LogP contribution in [0, 0.1) is 0 Å². The number of fused-ring (bicyclic) bond motifs is 4. The van der Waals surface area contributed by atoms with Gasteiger partial charge in [-0.2, -0.15) is 0 Å². The van der Waals surface area contributed by atoms with Crippen LogP contribution in [0.1, 0.15) is 57.5 Å². The largest absolute Gasteiger partial charge is 0.508 e. The number of aliphatic hydroxyl groups excluding tert-OH is 1. The standard InChI is InChI=1S/C21H18O5/c1-26-21-18-11-6-8-14(24)19-13(23)7-5-10(16(11)19)15(18)9-3-2-4-12(22)17(9)20(21)25/h2-4,6,8,18,20-22,24-25H,5,7H2,1H3/t18?,20-,21+/m0/s1. The van der Waals surface area contributed by atoms with Crippen LogP contribution in [0.5, 0.6) is 11.5 Å². The fraction of sp³-hybridized carbons (Fsp3) is 0.286. The molecule has 5 rings (SSSR count). The Labute approximate surface area is 150 Å². The van der Waals surface area contributed by atoms with E-state index in [9.17, 15) is 20.1 Å². The van der Waals surface area contributed by atoms with Crippen LogP contribution in [-0.4, -0.2) is 34.3 Å². The van der Waals surface area contributed by atoms with Crippen molar-refractivity contribution in [2.24, 2.45) is 0 Å². The number of aromatic hydroxyl groups is 2. The van der Waals surface area contributed by atoms with E-state index in [0.717, 1.165) is 27.8 Å². The molecule has 0 fully saturated rings. The predicted octanol–water partition coefficient (Wildman–Crippen LogP) is 3.14. The van der Waals surface area contributed by atoms with E-state index in [1.165, 1.54) is 0 Å². The quantitative estimate of drug-likeness (QED) is 0.735. The summed E-state index contributed by atoms with van der Waals surface area (Å²) in [6.45, 7) is 0. The first-order chi connectivity index (χ1) is 12.5. The molecule has 3 aliphatic carbocycles. The zero-order valence-electron chi connectivity index (χ0n) is 14.2. The van der Waals surface area contributed by atoms with E-state index >= 15 is 0 Å². The van der Waals surface area contributed by atoms with E-state index in [4.69, 9.17) is 4.74 Å². The van der Waals surface area contributed by atoms with Gasteiger partial charge < -0.3 is 20.1 Å². The summed E-state index contributed by atoms with van der Waals surface area (Å²) in [5.74, 6) is -0.266. The second kappa shape index (κ2) is 5.19. The van der Waals surface area contributed by atoms with E-state index < -0.39 is 12.2 Å². The van der Waals surface area contributed by atoms with Gasteiger partial charge in [-0.1, -0.05) is 18.2 Å². The molecule has 0 aliphatic heterocycles. The van der Waals surface area contributed by atoms with Crippen LogP contribution in [0.25, 0.3) is 11.1 Å². The zero-order valence-corrected chi connectivity index (χ0v) is 14.2. The molecule has 0 bridgehead atoms. The Morgan fingerprint density at radius 1 is 1.04 bits per heavy atom. The third-order valence-corrected chi connectivity index (χ3v) is 5.95. The number of methoxy groups -OCH3 is 1. The van der Waals surface area contributed by atoms with Gasteiger partial charge in [-0.15, -0.1) is 0 Å². The third-order valence-electron chi connectivity index (χ3n) is 5.95. The summed E-state index contributed by atoms with van der Waals surface area (Å²) < 4.78 is 5.65. The Balaban J connectivity index is 1.90. The molecule has 3 N–H and O–H groups in total. The lowest BCUT2D eigenvalue weighted by Gasteiger charge is -2.37. The molecule has 132 valence electrons. The van der Waals surface area contributed by atoms with Crippen molar-refractivity contribution in [1.82, 2.24) is 0 Å². The van der Waals surface area contributed by atoms with Gasteiger partial charge in [0.15, 0.2) is 5.78 Å². The van der Waals surface area contributed by atoms with Gasteiger partial charge in [0.2, 0.25) is 0 Å². The molecule has 0 saturated carbocycles. The maximum atomic E-state index is 12.4. The molecule has 0 aromatic heterocycles. The second-order valence-electron chi connectivity index (χ2n) is 7.10. The lowest BCUT2D eigenvalue weighted by atomic mass is 9.74. The third kappa shape index (κ3) is 1.74. The maximum absolute atomic E-state index is 12.4. The number of hydrogen-bond donors (Lipinski definition) is 3. The summed E-state index contributed by atoms with van der Waals surface area (Å²) in [6, 6.07) is 8.57. The highest BCUT2D eigenvalue weighted by molar-refractivity contribution is 6.14. The minimum atomic E-state index is -0.981. The molecule has 0 spiro atoms. The number of ether oxygens (including phenoxy) is 1. The molecular weight excluding hydrogens is 332 g/mol. The fourth-order valence-corrected chi connectivity index (χ4v) is 4.96. The minimum Gasteiger partial charge on any atom is -0.508 e. The van der Waals surface area contributed by atoms with Crippen molar-refractivity contribution in [2.75, 3.05) is 7.11 Å². The Hall–Kier alpha value is -2.63. The van der Waals surface area contributed by atoms with Crippen LogP contribution in [0.4, 0.5) is 0 Å². The molecular formula is C21H18O5. The molecule has 1 unspecified atom stereocenters. The van der Waals surface area contributed by atoms with Crippen LogP contribution in [0.2, 0.25) is 0 Å². The molecule has 0 saturated heterocycles. The molecule has 26 heavy (non-hydrogen) atoms. The predicted molar refractivity (Wildman–Crippen MR) is 95.1 cm³/mol. The van der Waals surface area contributed by atoms with Crippen molar-refractivity contribution in [2.45, 2.75) is 31.0 Å². The first-order valence-electron chi connectivity index (χ1n) is 8.70. The van der Waals surface area contributed by atoms with Crippen LogP contribution < -0.4 is 0 Å². The lowest BCUT2D eigenvalue weighted by molar-refractivity contribution is -0.0234. The first kappa shape index (κ1) is 15.6. The second-order valence-corrected chi connectivity index (χ2v) is 7.10. The van der Waals surface area contributed by atoms with Crippen LogP contribution >= 0.6 is 0 Å². The van der Waals surface area contributed by atoms with Crippen LogP contribution in [-0.2, 0) is 4.74 Å². The van der Waals surface area contributed by atoms with E-state index in [1.54, 1.807) is 25.3 Å². The average Bonchev–Trinajstić information content (AvgIpc) is 2.95. The highest BCUT2D eigenvalue weighted by atomic mass is 16.5. The van der Waals surface area contributed by atoms with Gasteiger partial charge in [-0.3, -0.25) is 4.79 Å². The Morgan fingerprint density at radius 2 is 1.85 bits per heavy atom. The molecule has 3 atom stereocenters. The van der Waals surface area contributed by atoms with E-state index in [-0.39, 0.29) is 23.2 Å². The summed E-state index contributed by atoms with van der Waals surface area (Å²) in [5.41, 5.74) is 5.31. The van der Waals surface area contributed by atoms with Gasteiger partial charge in [-0.25, -0.2) is 0 Å². The summed E-state index contributed by atoms with van der Waals surface area (Å²) >= 11 is 0. The van der Waals surface area contributed by atoms with Gasteiger partial charge in [0, 0.05) is 25.0 Å².